The van der Waals surface area contributed by atoms with E-state index in [-0.39, 0.29) is 11.7 Å². The first-order valence-electron chi connectivity index (χ1n) is 7.00. The SMILES string of the molecule is CCN(C(=O)c1n[nH]c(C2CC2)n1)c1ccccc1C. The van der Waals surface area contributed by atoms with Crippen LogP contribution in [0.25, 0.3) is 0 Å². The molecule has 1 aliphatic carbocycles. The number of amides is 1. The molecule has 0 aliphatic heterocycles. The van der Waals surface area contributed by atoms with Gasteiger partial charge in [0.1, 0.15) is 5.82 Å². The van der Waals surface area contributed by atoms with Crippen LogP contribution >= 0.6 is 0 Å². The number of H-pyrrole nitrogens is 1. The van der Waals surface area contributed by atoms with Gasteiger partial charge < -0.3 is 4.90 Å². The van der Waals surface area contributed by atoms with Crippen molar-refractivity contribution in [2.45, 2.75) is 32.6 Å². The van der Waals surface area contributed by atoms with Gasteiger partial charge in [-0.3, -0.25) is 9.89 Å². The fourth-order valence-electron chi connectivity index (χ4n) is 2.32. The fraction of sp³-hybridized carbons (Fsp3) is 0.400. The van der Waals surface area contributed by atoms with E-state index in [9.17, 15) is 4.79 Å². The predicted molar refractivity (Wildman–Crippen MR) is 76.9 cm³/mol. The number of aromatic amines is 1. The third-order valence-electron chi connectivity index (χ3n) is 3.63. The molecule has 20 heavy (non-hydrogen) atoms. The average Bonchev–Trinajstić information content (AvgIpc) is 3.19. The first-order valence-corrected chi connectivity index (χ1v) is 7.00. The molecule has 3 rings (SSSR count). The Kier molecular flexibility index (Phi) is 3.26. The summed E-state index contributed by atoms with van der Waals surface area (Å²) in [7, 11) is 0. The zero-order valence-corrected chi connectivity index (χ0v) is 11.8. The summed E-state index contributed by atoms with van der Waals surface area (Å²) >= 11 is 0. The summed E-state index contributed by atoms with van der Waals surface area (Å²) in [5.41, 5.74) is 1.98. The van der Waals surface area contributed by atoms with Crippen LogP contribution in [0.1, 0.15) is 47.7 Å². The lowest BCUT2D eigenvalue weighted by atomic mass is 10.2. The maximum Gasteiger partial charge on any atom is 0.297 e. The van der Waals surface area contributed by atoms with Gasteiger partial charge in [0.25, 0.3) is 5.91 Å². The normalized spacial score (nSPS) is 14.3. The van der Waals surface area contributed by atoms with Gasteiger partial charge in [-0.15, -0.1) is 5.10 Å². The number of rotatable bonds is 4. The number of carbonyl (C=O) groups is 1. The van der Waals surface area contributed by atoms with Gasteiger partial charge in [0.15, 0.2) is 0 Å². The van der Waals surface area contributed by atoms with Gasteiger partial charge >= 0.3 is 0 Å². The molecule has 5 nitrogen and oxygen atoms in total. The molecule has 0 atom stereocenters. The average molecular weight is 270 g/mol. The van der Waals surface area contributed by atoms with Crippen molar-refractivity contribution in [3.63, 3.8) is 0 Å². The third kappa shape index (κ3) is 2.31. The van der Waals surface area contributed by atoms with Crippen molar-refractivity contribution in [2.75, 3.05) is 11.4 Å². The quantitative estimate of drug-likeness (QED) is 0.929. The van der Waals surface area contributed by atoms with Crippen LogP contribution in [0, 0.1) is 6.92 Å². The van der Waals surface area contributed by atoms with Crippen LogP contribution in [0.3, 0.4) is 0 Å². The monoisotopic (exact) mass is 270 g/mol. The van der Waals surface area contributed by atoms with Gasteiger partial charge in [-0.05, 0) is 38.3 Å². The lowest BCUT2D eigenvalue weighted by Crippen LogP contribution is -2.32. The Morgan fingerprint density at radius 2 is 2.15 bits per heavy atom. The Labute approximate surface area is 118 Å². The van der Waals surface area contributed by atoms with E-state index >= 15 is 0 Å². The number of benzene rings is 1. The fourth-order valence-corrected chi connectivity index (χ4v) is 2.32. The topological polar surface area (TPSA) is 61.9 Å². The van der Waals surface area contributed by atoms with E-state index in [1.54, 1.807) is 4.90 Å². The first kappa shape index (κ1) is 12.8. The van der Waals surface area contributed by atoms with E-state index in [1.807, 2.05) is 38.1 Å². The lowest BCUT2D eigenvalue weighted by Gasteiger charge is -2.21. The standard InChI is InChI=1S/C15H18N4O/c1-3-19(12-7-5-4-6-10(12)2)15(20)14-16-13(17-18-14)11-8-9-11/h4-7,11H,3,8-9H2,1-2H3,(H,16,17,18). The molecule has 1 aromatic heterocycles. The molecule has 0 radical (unpaired) electrons. The van der Waals surface area contributed by atoms with E-state index in [2.05, 4.69) is 15.2 Å². The van der Waals surface area contributed by atoms with Crippen molar-refractivity contribution in [2.24, 2.45) is 0 Å². The number of para-hydroxylation sites is 1. The first-order chi connectivity index (χ1) is 9.70. The van der Waals surface area contributed by atoms with Crippen LogP contribution in [-0.4, -0.2) is 27.6 Å². The Hall–Kier alpha value is -2.17. The van der Waals surface area contributed by atoms with Crippen molar-refractivity contribution in [1.82, 2.24) is 15.2 Å². The highest BCUT2D eigenvalue weighted by Gasteiger charge is 2.29. The maximum absolute atomic E-state index is 12.6. The highest BCUT2D eigenvalue weighted by atomic mass is 16.2. The number of hydrogen-bond acceptors (Lipinski definition) is 3. The van der Waals surface area contributed by atoms with Gasteiger partial charge in [-0.2, -0.15) is 0 Å². The Balaban J connectivity index is 1.88. The minimum atomic E-state index is -0.148. The summed E-state index contributed by atoms with van der Waals surface area (Å²) in [5, 5.41) is 6.96. The highest BCUT2D eigenvalue weighted by molar-refractivity contribution is 6.03. The summed E-state index contributed by atoms with van der Waals surface area (Å²) < 4.78 is 0. The second-order valence-electron chi connectivity index (χ2n) is 5.15. The van der Waals surface area contributed by atoms with Crippen LogP contribution in [0.2, 0.25) is 0 Å². The number of nitrogens with zero attached hydrogens (tertiary/aromatic N) is 3. The number of carbonyl (C=O) groups excluding carboxylic acids is 1. The number of aromatic nitrogens is 3. The van der Waals surface area contributed by atoms with Gasteiger partial charge in [0, 0.05) is 18.2 Å². The number of nitrogens with one attached hydrogen (secondary N) is 1. The minimum Gasteiger partial charge on any atom is -0.306 e. The Morgan fingerprint density at radius 1 is 1.40 bits per heavy atom. The van der Waals surface area contributed by atoms with Gasteiger partial charge in [0.2, 0.25) is 5.82 Å². The zero-order chi connectivity index (χ0) is 14.1. The van der Waals surface area contributed by atoms with Gasteiger partial charge in [-0.25, -0.2) is 4.98 Å². The molecule has 0 unspecified atom stereocenters. The van der Waals surface area contributed by atoms with Crippen molar-refractivity contribution >= 4 is 11.6 Å². The number of aryl methyl sites for hydroxylation is 1. The number of hydrogen-bond donors (Lipinski definition) is 1. The van der Waals surface area contributed by atoms with Gasteiger partial charge in [-0.1, -0.05) is 18.2 Å². The highest BCUT2D eigenvalue weighted by Crippen LogP contribution is 2.37. The van der Waals surface area contributed by atoms with Crippen LogP contribution < -0.4 is 4.90 Å². The molecular weight excluding hydrogens is 252 g/mol. The molecule has 1 aromatic carbocycles. The molecule has 1 heterocycles. The van der Waals surface area contributed by atoms with Crippen molar-refractivity contribution in [3.8, 4) is 0 Å². The molecular formula is C15H18N4O. The molecule has 5 heteroatoms. The second-order valence-corrected chi connectivity index (χ2v) is 5.15. The van der Waals surface area contributed by atoms with Crippen molar-refractivity contribution < 1.29 is 4.79 Å². The second kappa shape index (κ2) is 5.07. The molecule has 1 saturated carbocycles. The molecule has 0 saturated heterocycles. The smallest absolute Gasteiger partial charge is 0.297 e. The summed E-state index contributed by atoms with van der Waals surface area (Å²) in [6.45, 7) is 4.55. The summed E-state index contributed by atoms with van der Waals surface area (Å²) in [4.78, 5) is 18.6. The van der Waals surface area contributed by atoms with E-state index in [4.69, 9.17) is 0 Å². The largest absolute Gasteiger partial charge is 0.306 e. The third-order valence-corrected chi connectivity index (χ3v) is 3.63. The summed E-state index contributed by atoms with van der Waals surface area (Å²) in [6, 6.07) is 7.85. The Morgan fingerprint density at radius 3 is 2.80 bits per heavy atom. The molecule has 104 valence electrons. The van der Waals surface area contributed by atoms with Gasteiger partial charge in [0.05, 0.1) is 0 Å². The molecule has 0 spiro atoms. The van der Waals surface area contributed by atoms with E-state index < -0.39 is 0 Å². The predicted octanol–water partition coefficient (Wildman–Crippen LogP) is 2.66. The van der Waals surface area contributed by atoms with Crippen LogP contribution in [0.4, 0.5) is 5.69 Å². The molecule has 1 N–H and O–H groups in total. The lowest BCUT2D eigenvalue weighted by molar-refractivity contribution is 0.0978. The molecule has 1 aliphatic rings. The molecule has 1 fully saturated rings. The molecule has 0 bridgehead atoms. The van der Waals surface area contributed by atoms with Crippen LogP contribution in [0.5, 0.6) is 0 Å². The summed E-state index contributed by atoms with van der Waals surface area (Å²) in [5.74, 6) is 1.42. The molecule has 2 aromatic rings. The van der Waals surface area contributed by atoms with Crippen LogP contribution in [-0.2, 0) is 0 Å². The number of anilines is 1. The minimum absolute atomic E-state index is 0.148. The van der Waals surface area contributed by atoms with E-state index in [0.717, 1.165) is 29.9 Å². The summed E-state index contributed by atoms with van der Waals surface area (Å²) in [6.07, 6.45) is 2.27. The maximum atomic E-state index is 12.6. The van der Waals surface area contributed by atoms with Crippen molar-refractivity contribution in [3.05, 3.63) is 41.5 Å². The van der Waals surface area contributed by atoms with E-state index in [0.29, 0.717) is 12.5 Å². The van der Waals surface area contributed by atoms with Crippen molar-refractivity contribution in [1.29, 1.82) is 0 Å². The van der Waals surface area contributed by atoms with Crippen LogP contribution in [0.15, 0.2) is 24.3 Å². The zero-order valence-electron chi connectivity index (χ0n) is 11.8. The molecule has 1 amide bonds. The Bertz CT molecular complexity index is 630. The van der Waals surface area contributed by atoms with E-state index in [1.165, 1.54) is 0 Å².